The molecule has 1 aliphatic heterocycles. The maximum atomic E-state index is 6.86. The first kappa shape index (κ1) is 36.2. The Morgan fingerprint density at radius 1 is 0.548 bits per heavy atom. The molecule has 3 unspecified atom stereocenters. The number of ether oxygens (including phenoxy) is 1. The molecule has 0 fully saturated rings. The number of allylic oxidation sites excluding steroid dienone is 10. The molecule has 8 aromatic rings. The van der Waals surface area contributed by atoms with Crippen molar-refractivity contribution >= 4 is 33.0 Å². The van der Waals surface area contributed by atoms with Gasteiger partial charge in [0.15, 0.2) is 17.5 Å². The molecule has 0 saturated heterocycles. The maximum absolute atomic E-state index is 6.86. The maximum Gasteiger partial charge on any atom is 0.164 e. The van der Waals surface area contributed by atoms with E-state index < -0.39 is 0 Å². The van der Waals surface area contributed by atoms with Crippen LogP contribution in [0.5, 0.6) is 5.75 Å². The number of hydrogen-bond acceptors (Lipinski definition) is 4. The molecule has 0 spiro atoms. The summed E-state index contributed by atoms with van der Waals surface area (Å²) in [6.45, 7) is 0. The van der Waals surface area contributed by atoms with E-state index in [-0.39, 0.29) is 12.0 Å². The summed E-state index contributed by atoms with van der Waals surface area (Å²) in [5, 5.41) is 2.45. The molecule has 12 rings (SSSR count). The smallest absolute Gasteiger partial charge is 0.164 e. The van der Waals surface area contributed by atoms with E-state index in [1.54, 1.807) is 0 Å². The lowest BCUT2D eigenvalue weighted by atomic mass is 9.84. The zero-order valence-corrected chi connectivity index (χ0v) is 34.1. The number of aromatic nitrogens is 4. The van der Waals surface area contributed by atoms with Gasteiger partial charge in [-0.1, -0.05) is 170 Å². The molecule has 0 N–H and O–H groups in total. The fraction of sp³-hybridized carbons (Fsp3) is 0.105. The first-order chi connectivity index (χ1) is 30.7. The second-order valence-corrected chi connectivity index (χ2v) is 16.5. The Labute approximate surface area is 361 Å². The molecule has 62 heavy (non-hydrogen) atoms. The molecule has 0 bridgehead atoms. The van der Waals surface area contributed by atoms with Crippen LogP contribution in [0.1, 0.15) is 53.6 Å². The van der Waals surface area contributed by atoms with Crippen LogP contribution >= 0.6 is 0 Å². The van der Waals surface area contributed by atoms with Crippen molar-refractivity contribution in [3.8, 4) is 45.3 Å². The van der Waals surface area contributed by atoms with Crippen molar-refractivity contribution in [1.29, 1.82) is 0 Å². The SMILES string of the molecule is C1=CCC(c2ccc(-c3nc(C4=CC=CC5Oc6cc(-n7c8ccccc8c8ccc(-c9ccccc9)cc87)ccc6C45)nc(-c4ccc(C5=CCCC=C5)cc4)n3)cc2)C=C1. The van der Waals surface area contributed by atoms with Crippen LogP contribution in [0.25, 0.3) is 72.5 Å². The summed E-state index contributed by atoms with van der Waals surface area (Å²) in [7, 11) is 0. The summed E-state index contributed by atoms with van der Waals surface area (Å²) in [6, 6.07) is 50.1. The van der Waals surface area contributed by atoms with Gasteiger partial charge in [-0.2, -0.15) is 0 Å². The average Bonchev–Trinajstić information content (AvgIpc) is 3.90. The number of rotatable bonds is 7. The van der Waals surface area contributed by atoms with E-state index in [0.29, 0.717) is 23.4 Å². The molecule has 5 heteroatoms. The monoisotopic (exact) mass is 798 g/mol. The van der Waals surface area contributed by atoms with Crippen molar-refractivity contribution in [2.45, 2.75) is 37.2 Å². The molecule has 5 nitrogen and oxygen atoms in total. The molecule has 0 amide bonds. The fourth-order valence-electron chi connectivity index (χ4n) is 9.66. The normalized spacial score (nSPS) is 18.7. The van der Waals surface area contributed by atoms with Gasteiger partial charge in [-0.15, -0.1) is 0 Å². The van der Waals surface area contributed by atoms with Crippen molar-refractivity contribution in [3.05, 3.63) is 223 Å². The van der Waals surface area contributed by atoms with Gasteiger partial charge in [-0.25, -0.2) is 15.0 Å². The number of nitrogens with zero attached hydrogens (tertiary/aromatic N) is 4. The molecule has 6 aromatic carbocycles. The third-order valence-electron chi connectivity index (χ3n) is 12.8. The summed E-state index contributed by atoms with van der Waals surface area (Å²) < 4.78 is 9.23. The minimum Gasteiger partial charge on any atom is -0.485 e. The Balaban J connectivity index is 0.942. The quantitative estimate of drug-likeness (QED) is 0.161. The Bertz CT molecular complexity index is 3240. The van der Waals surface area contributed by atoms with Crippen LogP contribution in [0.3, 0.4) is 0 Å². The van der Waals surface area contributed by atoms with Crippen LogP contribution in [0.15, 0.2) is 200 Å². The summed E-state index contributed by atoms with van der Waals surface area (Å²) in [4.78, 5) is 15.6. The lowest BCUT2D eigenvalue weighted by Gasteiger charge is -2.22. The van der Waals surface area contributed by atoms with E-state index in [0.717, 1.165) is 64.0 Å². The number of hydrogen-bond donors (Lipinski definition) is 0. The minimum absolute atomic E-state index is 0.0871. The van der Waals surface area contributed by atoms with E-state index >= 15 is 0 Å². The van der Waals surface area contributed by atoms with Gasteiger partial charge in [0.05, 0.1) is 17.0 Å². The molecule has 3 aliphatic carbocycles. The standard InChI is InChI=1S/C57H42N4O/c1-4-13-37(14-5-1)40-23-27-42(28-24-40)55-58-56(43-29-25-41(26-30-43)38-15-6-2-7-16-38)60-57(59-55)49-20-12-22-52-54(49)48-34-32-45(36-53(48)62-52)61-50-21-11-10-19-46(50)47-33-31-44(35-51(47)61)39-17-8-3-9-18-39/h1,3-6,8-13,15-37,52,54H,2,7,14H2. The van der Waals surface area contributed by atoms with Gasteiger partial charge in [0.2, 0.25) is 0 Å². The van der Waals surface area contributed by atoms with E-state index in [9.17, 15) is 0 Å². The Hall–Kier alpha value is -7.63. The van der Waals surface area contributed by atoms with Gasteiger partial charge < -0.3 is 9.30 Å². The van der Waals surface area contributed by atoms with Gasteiger partial charge >= 0.3 is 0 Å². The fourth-order valence-corrected chi connectivity index (χ4v) is 9.66. The molecular weight excluding hydrogens is 757 g/mol. The molecule has 3 atom stereocenters. The van der Waals surface area contributed by atoms with Crippen LogP contribution < -0.4 is 4.74 Å². The van der Waals surface area contributed by atoms with Crippen molar-refractivity contribution in [1.82, 2.24) is 19.5 Å². The van der Waals surface area contributed by atoms with Crippen LogP contribution in [0, 0.1) is 0 Å². The Kier molecular flexibility index (Phi) is 8.84. The van der Waals surface area contributed by atoms with E-state index in [1.807, 2.05) is 0 Å². The summed E-state index contributed by atoms with van der Waals surface area (Å²) in [5.74, 6) is 3.12. The average molecular weight is 799 g/mol. The Morgan fingerprint density at radius 3 is 2.08 bits per heavy atom. The second kappa shape index (κ2) is 15.1. The van der Waals surface area contributed by atoms with E-state index in [2.05, 4.69) is 205 Å². The zero-order valence-electron chi connectivity index (χ0n) is 34.1. The lowest BCUT2D eigenvalue weighted by Crippen LogP contribution is -2.20. The zero-order chi connectivity index (χ0) is 41.0. The molecule has 0 radical (unpaired) electrons. The highest BCUT2D eigenvalue weighted by atomic mass is 16.5. The lowest BCUT2D eigenvalue weighted by molar-refractivity contribution is 0.271. The van der Waals surface area contributed by atoms with Crippen molar-refractivity contribution in [2.24, 2.45) is 0 Å². The molecule has 0 saturated carbocycles. The third kappa shape index (κ3) is 6.36. The molecule has 296 valence electrons. The number of benzene rings is 6. The predicted octanol–water partition coefficient (Wildman–Crippen LogP) is 13.8. The molecule has 3 heterocycles. The van der Waals surface area contributed by atoms with E-state index in [4.69, 9.17) is 19.7 Å². The first-order valence-electron chi connectivity index (χ1n) is 21.7. The van der Waals surface area contributed by atoms with Crippen molar-refractivity contribution < 1.29 is 4.74 Å². The highest BCUT2D eigenvalue weighted by molar-refractivity contribution is 6.10. The second-order valence-electron chi connectivity index (χ2n) is 16.5. The van der Waals surface area contributed by atoms with Crippen molar-refractivity contribution in [3.63, 3.8) is 0 Å². The van der Waals surface area contributed by atoms with Crippen LogP contribution in [-0.2, 0) is 0 Å². The van der Waals surface area contributed by atoms with Gasteiger partial charge in [0.25, 0.3) is 0 Å². The summed E-state index contributed by atoms with van der Waals surface area (Å²) >= 11 is 0. The van der Waals surface area contributed by atoms with Crippen LogP contribution in [-0.4, -0.2) is 25.6 Å². The topological polar surface area (TPSA) is 52.8 Å². The van der Waals surface area contributed by atoms with Gasteiger partial charge in [-0.05, 0) is 71.4 Å². The largest absolute Gasteiger partial charge is 0.485 e. The van der Waals surface area contributed by atoms with Crippen LogP contribution in [0.4, 0.5) is 0 Å². The molecule has 4 aliphatic rings. The Morgan fingerprint density at radius 2 is 1.29 bits per heavy atom. The van der Waals surface area contributed by atoms with Gasteiger partial charge in [0, 0.05) is 50.7 Å². The first-order valence-corrected chi connectivity index (χ1v) is 21.7. The van der Waals surface area contributed by atoms with Gasteiger partial charge in [-0.3, -0.25) is 0 Å². The minimum atomic E-state index is -0.195. The number of fused-ring (bicyclic) bond motifs is 6. The number of para-hydroxylation sites is 1. The highest BCUT2D eigenvalue weighted by Gasteiger charge is 2.39. The summed E-state index contributed by atoms with van der Waals surface area (Å²) in [5.41, 5.74) is 13.6. The highest BCUT2D eigenvalue weighted by Crippen LogP contribution is 2.49. The van der Waals surface area contributed by atoms with E-state index in [1.165, 1.54) is 38.6 Å². The van der Waals surface area contributed by atoms with Gasteiger partial charge in [0.1, 0.15) is 11.9 Å². The summed E-state index contributed by atoms with van der Waals surface area (Å²) in [6.07, 6.45) is 24.9. The van der Waals surface area contributed by atoms with Crippen LogP contribution in [0.2, 0.25) is 0 Å². The molecular formula is C57H42N4O. The van der Waals surface area contributed by atoms with Crippen molar-refractivity contribution in [2.75, 3.05) is 0 Å². The third-order valence-corrected chi connectivity index (χ3v) is 12.8. The molecule has 2 aromatic heterocycles. The predicted molar refractivity (Wildman–Crippen MR) is 253 cm³/mol.